The Morgan fingerprint density at radius 3 is 2.07 bits per heavy atom. The largest absolute Gasteiger partial charge is 0.441 e. The Labute approximate surface area is 172 Å². The molecule has 4 atom stereocenters. The Morgan fingerprint density at radius 2 is 1.39 bits per heavy atom. The summed E-state index contributed by atoms with van der Waals surface area (Å²) in [6.07, 6.45) is 10.8. The number of hydrogen-bond donors (Lipinski definition) is 3. The minimum Gasteiger partial charge on any atom is -0.441 e. The van der Waals surface area contributed by atoms with E-state index in [2.05, 4.69) is 16.0 Å². The maximum absolute atomic E-state index is 12.2. The standard InChI is InChI=1S/C20H33N3O4S/c24-20(22-14-9-5-2-6-10-14)27-16-12-26-17-15(11-25-18(16)17)23-19(28)21-13-7-3-1-4-8-13/h13-18H,1-12H2,(H,22,24)(H2,21,23,28)/t15-,16+,17+,18+/m0/s1. The molecule has 4 aliphatic rings. The van der Waals surface area contributed by atoms with E-state index in [0.717, 1.165) is 12.8 Å². The van der Waals surface area contributed by atoms with E-state index in [4.69, 9.17) is 26.4 Å². The zero-order chi connectivity index (χ0) is 19.3. The summed E-state index contributed by atoms with van der Waals surface area (Å²) in [7, 11) is 0. The molecule has 0 aromatic heterocycles. The van der Waals surface area contributed by atoms with Crippen LogP contribution in [0.25, 0.3) is 0 Å². The van der Waals surface area contributed by atoms with Gasteiger partial charge < -0.3 is 30.2 Å². The van der Waals surface area contributed by atoms with Crippen LogP contribution in [0.4, 0.5) is 4.79 Å². The molecular weight excluding hydrogens is 378 g/mol. The molecule has 0 aromatic rings. The number of hydrogen-bond acceptors (Lipinski definition) is 5. The number of ether oxygens (including phenoxy) is 3. The molecule has 7 nitrogen and oxygen atoms in total. The lowest BCUT2D eigenvalue weighted by Gasteiger charge is -2.26. The molecule has 0 bridgehead atoms. The van der Waals surface area contributed by atoms with Crippen molar-refractivity contribution in [2.45, 2.75) is 101 Å². The van der Waals surface area contributed by atoms with Crippen molar-refractivity contribution in [2.75, 3.05) is 13.2 Å². The fraction of sp³-hybridized carbons (Fsp3) is 0.900. The summed E-state index contributed by atoms with van der Waals surface area (Å²) in [4.78, 5) is 12.2. The summed E-state index contributed by atoms with van der Waals surface area (Å²) in [5, 5.41) is 10.4. The van der Waals surface area contributed by atoms with E-state index >= 15 is 0 Å². The summed E-state index contributed by atoms with van der Waals surface area (Å²) >= 11 is 5.49. The minimum absolute atomic E-state index is 0.0106. The Bertz CT molecular complexity index is 504. The van der Waals surface area contributed by atoms with Gasteiger partial charge in [-0.15, -0.1) is 0 Å². The van der Waals surface area contributed by atoms with Crippen LogP contribution in [0.15, 0.2) is 0 Å². The number of amides is 1. The molecule has 2 aliphatic heterocycles. The van der Waals surface area contributed by atoms with Crippen molar-refractivity contribution < 1.29 is 19.0 Å². The lowest BCUT2D eigenvalue weighted by atomic mass is 9.96. The van der Waals surface area contributed by atoms with E-state index in [1.807, 2.05) is 0 Å². The Balaban J connectivity index is 1.21. The number of fused-ring (bicyclic) bond motifs is 1. The average Bonchev–Trinajstić information content (AvgIpc) is 3.27. The van der Waals surface area contributed by atoms with E-state index in [1.165, 1.54) is 51.4 Å². The summed E-state index contributed by atoms with van der Waals surface area (Å²) in [6.45, 7) is 0.875. The number of rotatable bonds is 4. The molecular formula is C20H33N3O4S. The van der Waals surface area contributed by atoms with Gasteiger partial charge in [-0.25, -0.2) is 4.79 Å². The van der Waals surface area contributed by atoms with Gasteiger partial charge in [-0.2, -0.15) is 0 Å². The fourth-order valence-electron chi connectivity index (χ4n) is 4.92. The quantitative estimate of drug-likeness (QED) is 0.613. The van der Waals surface area contributed by atoms with Gasteiger partial charge >= 0.3 is 6.09 Å². The van der Waals surface area contributed by atoms with Crippen molar-refractivity contribution in [1.82, 2.24) is 16.0 Å². The van der Waals surface area contributed by atoms with Gasteiger partial charge in [0, 0.05) is 12.1 Å². The molecule has 2 heterocycles. The number of alkyl carbamates (subject to hydrolysis) is 1. The molecule has 4 rings (SSSR count). The smallest absolute Gasteiger partial charge is 0.407 e. The first kappa shape index (κ1) is 20.2. The lowest BCUT2D eigenvalue weighted by molar-refractivity contribution is 0.00276. The molecule has 0 unspecified atom stereocenters. The summed E-state index contributed by atoms with van der Waals surface area (Å²) in [5.41, 5.74) is 0. The van der Waals surface area contributed by atoms with Gasteiger partial charge in [0.1, 0.15) is 12.2 Å². The van der Waals surface area contributed by atoms with Crippen molar-refractivity contribution >= 4 is 23.4 Å². The molecule has 2 saturated carbocycles. The summed E-state index contributed by atoms with van der Waals surface area (Å²) in [6, 6.07) is 0.695. The maximum atomic E-state index is 12.2. The van der Waals surface area contributed by atoms with Crippen molar-refractivity contribution in [3.05, 3.63) is 0 Å². The van der Waals surface area contributed by atoms with Crippen molar-refractivity contribution in [2.24, 2.45) is 0 Å². The van der Waals surface area contributed by atoms with Crippen LogP contribution in [-0.4, -0.2) is 60.9 Å². The van der Waals surface area contributed by atoms with E-state index in [1.54, 1.807) is 0 Å². The number of carbonyl (C=O) groups excluding carboxylic acids is 1. The van der Waals surface area contributed by atoms with Crippen molar-refractivity contribution in [3.63, 3.8) is 0 Å². The normalized spacial score (nSPS) is 33.9. The monoisotopic (exact) mass is 411 g/mol. The third-order valence-corrected chi connectivity index (χ3v) is 6.69. The first-order valence-corrected chi connectivity index (χ1v) is 11.4. The second-order valence-corrected chi connectivity index (χ2v) is 8.99. The van der Waals surface area contributed by atoms with Crippen molar-refractivity contribution in [1.29, 1.82) is 0 Å². The van der Waals surface area contributed by atoms with E-state index in [-0.39, 0.29) is 36.5 Å². The second kappa shape index (κ2) is 9.59. The van der Waals surface area contributed by atoms with Crippen LogP contribution in [0.3, 0.4) is 0 Å². The first-order valence-electron chi connectivity index (χ1n) is 11.0. The lowest BCUT2D eigenvalue weighted by Crippen LogP contribution is -2.51. The zero-order valence-corrected chi connectivity index (χ0v) is 17.3. The van der Waals surface area contributed by atoms with Crippen LogP contribution in [0.5, 0.6) is 0 Å². The van der Waals surface area contributed by atoms with Gasteiger partial charge in [-0.05, 0) is 37.9 Å². The predicted molar refractivity (Wildman–Crippen MR) is 109 cm³/mol. The van der Waals surface area contributed by atoms with E-state index < -0.39 is 0 Å². The molecule has 8 heteroatoms. The molecule has 0 radical (unpaired) electrons. The van der Waals surface area contributed by atoms with Crippen molar-refractivity contribution in [3.8, 4) is 0 Å². The SMILES string of the molecule is O=C(NC1CCCCC1)O[C@@H]1CO[C@H]2[C@@H]1OC[C@@H]2NC(=S)NC1CCCCC1. The molecule has 28 heavy (non-hydrogen) atoms. The summed E-state index contributed by atoms with van der Waals surface area (Å²) < 4.78 is 17.4. The van der Waals surface area contributed by atoms with Crippen LogP contribution in [-0.2, 0) is 14.2 Å². The van der Waals surface area contributed by atoms with Gasteiger partial charge in [0.05, 0.1) is 19.3 Å². The Morgan fingerprint density at radius 1 is 0.786 bits per heavy atom. The molecule has 158 valence electrons. The molecule has 0 spiro atoms. The van der Waals surface area contributed by atoms with Crippen LogP contribution >= 0.6 is 12.2 Å². The van der Waals surface area contributed by atoms with Crippen LogP contribution in [0, 0.1) is 0 Å². The number of nitrogens with one attached hydrogen (secondary N) is 3. The fourth-order valence-corrected chi connectivity index (χ4v) is 5.23. The highest BCUT2D eigenvalue weighted by atomic mass is 32.1. The average molecular weight is 412 g/mol. The molecule has 2 saturated heterocycles. The van der Waals surface area contributed by atoms with Gasteiger partial charge in [-0.1, -0.05) is 38.5 Å². The van der Waals surface area contributed by atoms with Crippen LogP contribution in [0.1, 0.15) is 64.2 Å². The Kier molecular flexibility index (Phi) is 6.90. The third-order valence-electron chi connectivity index (χ3n) is 6.45. The minimum atomic E-state index is -0.361. The van der Waals surface area contributed by atoms with Crippen LogP contribution in [0.2, 0.25) is 0 Å². The zero-order valence-electron chi connectivity index (χ0n) is 16.5. The van der Waals surface area contributed by atoms with Gasteiger partial charge in [0.25, 0.3) is 0 Å². The number of thiocarbonyl (C=S) groups is 1. The molecule has 3 N–H and O–H groups in total. The van der Waals surface area contributed by atoms with Gasteiger partial charge in [-0.3, -0.25) is 0 Å². The summed E-state index contributed by atoms with van der Waals surface area (Å²) in [5.74, 6) is 0. The Hall–Kier alpha value is -1.12. The molecule has 4 fully saturated rings. The molecule has 0 aromatic carbocycles. The highest BCUT2D eigenvalue weighted by Gasteiger charge is 2.49. The topological polar surface area (TPSA) is 80.9 Å². The maximum Gasteiger partial charge on any atom is 0.407 e. The predicted octanol–water partition coefficient (Wildman–Crippen LogP) is 2.38. The van der Waals surface area contributed by atoms with Crippen LogP contribution < -0.4 is 16.0 Å². The number of carbonyl (C=O) groups is 1. The molecule has 2 aliphatic carbocycles. The van der Waals surface area contributed by atoms with E-state index in [9.17, 15) is 4.79 Å². The van der Waals surface area contributed by atoms with Gasteiger partial charge in [0.15, 0.2) is 11.2 Å². The highest BCUT2D eigenvalue weighted by Crippen LogP contribution is 2.29. The first-order chi connectivity index (χ1) is 13.7. The highest BCUT2D eigenvalue weighted by molar-refractivity contribution is 7.80. The molecule has 1 amide bonds. The van der Waals surface area contributed by atoms with Gasteiger partial charge in [0.2, 0.25) is 0 Å². The van der Waals surface area contributed by atoms with E-state index in [0.29, 0.717) is 24.4 Å². The third kappa shape index (κ3) is 5.07. The second-order valence-electron chi connectivity index (χ2n) is 8.58.